The maximum absolute atomic E-state index is 12.6. The summed E-state index contributed by atoms with van der Waals surface area (Å²) in [5.41, 5.74) is 0.179. The molecule has 0 spiro atoms. The molecule has 36 heavy (non-hydrogen) atoms. The zero-order chi connectivity index (χ0) is 25.1. The van der Waals surface area contributed by atoms with Crippen molar-refractivity contribution in [3.63, 3.8) is 0 Å². The molecule has 2 heterocycles. The molecule has 4 aromatic rings. The van der Waals surface area contributed by atoms with Crippen LogP contribution in [0.15, 0.2) is 88.5 Å². The number of ether oxygens (including phenoxy) is 1. The average molecular weight is 485 g/mol. The van der Waals surface area contributed by atoms with Gasteiger partial charge in [-0.25, -0.2) is 4.79 Å². The maximum Gasteiger partial charge on any atom is 0.328 e. The van der Waals surface area contributed by atoms with Gasteiger partial charge in [0.15, 0.2) is 0 Å². The monoisotopic (exact) mass is 484 g/mol. The molecule has 1 fully saturated rings. The summed E-state index contributed by atoms with van der Waals surface area (Å²) in [5, 5.41) is 3.27. The highest BCUT2D eigenvalue weighted by molar-refractivity contribution is 5.97. The Labute approximate surface area is 205 Å². The fourth-order valence-corrected chi connectivity index (χ4v) is 4.35. The Bertz CT molecular complexity index is 1530. The van der Waals surface area contributed by atoms with Crippen LogP contribution in [0, 0.1) is 0 Å². The smallest absolute Gasteiger partial charge is 0.328 e. The quantitative estimate of drug-likeness (QED) is 0.419. The number of H-pyrrole nitrogens is 1. The Morgan fingerprint density at radius 1 is 0.917 bits per heavy atom. The molecule has 0 unspecified atom stereocenters. The largest absolute Gasteiger partial charge is 0.457 e. The molecule has 3 aromatic carbocycles. The molecule has 0 bridgehead atoms. The van der Waals surface area contributed by atoms with Gasteiger partial charge in [0.05, 0.1) is 16.9 Å². The molecule has 9 nitrogen and oxygen atoms in total. The first-order valence-corrected chi connectivity index (χ1v) is 11.6. The first-order chi connectivity index (χ1) is 17.5. The highest BCUT2D eigenvalue weighted by atomic mass is 16.5. The van der Waals surface area contributed by atoms with E-state index in [0.717, 1.165) is 11.4 Å². The van der Waals surface area contributed by atoms with E-state index in [1.54, 1.807) is 41.3 Å². The number of aryl methyl sites for hydroxylation is 1. The number of hydrogen-bond donors (Lipinski definition) is 2. The van der Waals surface area contributed by atoms with Crippen LogP contribution in [0.5, 0.6) is 11.5 Å². The summed E-state index contributed by atoms with van der Waals surface area (Å²) in [6, 6.07) is 23.1. The van der Waals surface area contributed by atoms with E-state index in [9.17, 15) is 19.2 Å². The minimum Gasteiger partial charge on any atom is -0.457 e. The van der Waals surface area contributed by atoms with Crippen molar-refractivity contribution in [2.75, 3.05) is 11.4 Å². The van der Waals surface area contributed by atoms with Gasteiger partial charge in [0.1, 0.15) is 11.5 Å². The van der Waals surface area contributed by atoms with Crippen LogP contribution < -0.4 is 26.2 Å². The molecular weight excluding hydrogens is 460 g/mol. The van der Waals surface area contributed by atoms with Gasteiger partial charge in [-0.3, -0.25) is 23.9 Å². The molecule has 1 aromatic heterocycles. The predicted molar refractivity (Wildman–Crippen MR) is 135 cm³/mol. The van der Waals surface area contributed by atoms with Crippen LogP contribution >= 0.6 is 0 Å². The molecule has 5 rings (SSSR count). The lowest BCUT2D eigenvalue weighted by molar-refractivity contribution is -0.122. The van der Waals surface area contributed by atoms with Gasteiger partial charge < -0.3 is 15.0 Å². The van der Waals surface area contributed by atoms with Crippen molar-refractivity contribution >= 4 is 28.4 Å². The summed E-state index contributed by atoms with van der Waals surface area (Å²) in [6.07, 6.45) is 0.224. The van der Waals surface area contributed by atoms with Crippen LogP contribution in [-0.2, 0) is 16.1 Å². The molecule has 0 radical (unpaired) electrons. The van der Waals surface area contributed by atoms with E-state index in [2.05, 4.69) is 10.3 Å². The standard InChI is InChI=1S/C27H24N4O5/c32-24(14-15-30-23-9-5-4-8-22(23)26(34)29-27(30)35)28-18-16-25(33)31(17-18)19-10-12-21(13-11-19)36-20-6-2-1-3-7-20/h1-13,18H,14-17H2,(H,28,32)(H,29,34,35)/t18-/m0/s1. The number of hydrogen-bond acceptors (Lipinski definition) is 5. The topological polar surface area (TPSA) is 114 Å². The van der Waals surface area contributed by atoms with Crippen LogP contribution in [0.3, 0.4) is 0 Å². The van der Waals surface area contributed by atoms with Crippen molar-refractivity contribution in [2.45, 2.75) is 25.4 Å². The Balaban J connectivity index is 1.19. The summed E-state index contributed by atoms with van der Waals surface area (Å²) >= 11 is 0. The van der Waals surface area contributed by atoms with Gasteiger partial charge in [-0.05, 0) is 48.5 Å². The highest BCUT2D eigenvalue weighted by Crippen LogP contribution is 2.27. The molecule has 1 aliphatic rings. The lowest BCUT2D eigenvalue weighted by atomic mass is 10.2. The van der Waals surface area contributed by atoms with Crippen molar-refractivity contribution in [3.8, 4) is 11.5 Å². The third kappa shape index (κ3) is 4.90. The van der Waals surface area contributed by atoms with Crippen LogP contribution in [0.4, 0.5) is 5.69 Å². The fourth-order valence-electron chi connectivity index (χ4n) is 4.35. The number of nitrogens with one attached hydrogen (secondary N) is 2. The SMILES string of the molecule is O=C(CCn1c(=O)[nH]c(=O)c2ccccc21)N[C@H]1CC(=O)N(c2ccc(Oc3ccccc3)cc2)C1. The van der Waals surface area contributed by atoms with E-state index in [0.29, 0.717) is 23.2 Å². The molecule has 1 atom stereocenters. The predicted octanol–water partition coefficient (Wildman–Crippen LogP) is 2.79. The van der Waals surface area contributed by atoms with E-state index < -0.39 is 11.2 Å². The summed E-state index contributed by atoms with van der Waals surface area (Å²) in [5.74, 6) is 1.03. The number of benzene rings is 3. The summed E-state index contributed by atoms with van der Waals surface area (Å²) < 4.78 is 7.17. The molecule has 1 aliphatic heterocycles. The maximum atomic E-state index is 12.6. The van der Waals surface area contributed by atoms with E-state index in [4.69, 9.17) is 4.74 Å². The highest BCUT2D eigenvalue weighted by Gasteiger charge is 2.31. The second-order valence-electron chi connectivity index (χ2n) is 8.56. The van der Waals surface area contributed by atoms with Crippen molar-refractivity contribution in [1.29, 1.82) is 0 Å². The molecule has 9 heteroatoms. The summed E-state index contributed by atoms with van der Waals surface area (Å²) in [6.45, 7) is 0.459. The van der Waals surface area contributed by atoms with E-state index in [-0.39, 0.29) is 37.2 Å². The van der Waals surface area contributed by atoms with Crippen LogP contribution in [-0.4, -0.2) is 34.0 Å². The van der Waals surface area contributed by atoms with Gasteiger partial charge >= 0.3 is 5.69 Å². The third-order valence-electron chi connectivity index (χ3n) is 6.09. The van der Waals surface area contributed by atoms with E-state index in [1.165, 1.54) is 4.57 Å². The number of carbonyl (C=O) groups excluding carboxylic acids is 2. The van der Waals surface area contributed by atoms with Crippen molar-refractivity contribution < 1.29 is 14.3 Å². The van der Waals surface area contributed by atoms with Gasteiger partial charge in [-0.15, -0.1) is 0 Å². The van der Waals surface area contributed by atoms with Crippen molar-refractivity contribution in [1.82, 2.24) is 14.9 Å². The van der Waals surface area contributed by atoms with E-state index >= 15 is 0 Å². The summed E-state index contributed by atoms with van der Waals surface area (Å²) in [7, 11) is 0. The lowest BCUT2D eigenvalue weighted by Gasteiger charge is -2.18. The molecule has 182 valence electrons. The third-order valence-corrected chi connectivity index (χ3v) is 6.09. The van der Waals surface area contributed by atoms with Gasteiger partial charge in [-0.1, -0.05) is 30.3 Å². The Hall–Kier alpha value is -4.66. The normalized spacial score (nSPS) is 15.3. The number of para-hydroxylation sites is 2. The number of fused-ring (bicyclic) bond motifs is 1. The molecule has 1 saturated heterocycles. The van der Waals surface area contributed by atoms with E-state index in [1.807, 2.05) is 42.5 Å². The zero-order valence-electron chi connectivity index (χ0n) is 19.3. The number of carbonyl (C=O) groups is 2. The van der Waals surface area contributed by atoms with Crippen LogP contribution in [0.25, 0.3) is 10.9 Å². The molecule has 2 amide bonds. The molecule has 0 aliphatic carbocycles. The summed E-state index contributed by atoms with van der Waals surface area (Å²) in [4.78, 5) is 53.4. The minimum absolute atomic E-state index is 0.0339. The van der Waals surface area contributed by atoms with Crippen molar-refractivity contribution in [2.24, 2.45) is 0 Å². The first-order valence-electron chi connectivity index (χ1n) is 11.6. The molecular formula is C27H24N4O5. The van der Waals surface area contributed by atoms with Gasteiger partial charge in [0.2, 0.25) is 11.8 Å². The van der Waals surface area contributed by atoms with Gasteiger partial charge in [-0.2, -0.15) is 0 Å². The van der Waals surface area contributed by atoms with Gasteiger partial charge in [0, 0.05) is 31.6 Å². The number of nitrogens with zero attached hydrogens (tertiary/aromatic N) is 2. The lowest BCUT2D eigenvalue weighted by Crippen LogP contribution is -2.38. The number of anilines is 1. The number of aromatic amines is 1. The molecule has 2 N–H and O–H groups in total. The van der Waals surface area contributed by atoms with Crippen LogP contribution in [0.1, 0.15) is 12.8 Å². The van der Waals surface area contributed by atoms with Crippen LogP contribution in [0.2, 0.25) is 0 Å². The first kappa shape index (κ1) is 23.1. The molecule has 0 saturated carbocycles. The zero-order valence-corrected chi connectivity index (χ0v) is 19.3. The second-order valence-corrected chi connectivity index (χ2v) is 8.56. The second kappa shape index (κ2) is 9.91. The number of rotatable bonds is 7. The number of amides is 2. The Kier molecular flexibility index (Phi) is 6.36. The van der Waals surface area contributed by atoms with Crippen molar-refractivity contribution in [3.05, 3.63) is 99.7 Å². The van der Waals surface area contributed by atoms with Gasteiger partial charge in [0.25, 0.3) is 5.56 Å². The average Bonchev–Trinajstić information content (AvgIpc) is 3.24. The Morgan fingerprint density at radius 2 is 1.61 bits per heavy atom. The fraction of sp³-hybridized carbons (Fsp3) is 0.185. The Morgan fingerprint density at radius 3 is 2.39 bits per heavy atom. The number of aromatic nitrogens is 2. The minimum atomic E-state index is -0.562.